The van der Waals surface area contributed by atoms with E-state index in [1.54, 1.807) is 11.3 Å². The zero-order chi connectivity index (χ0) is 10.5. The first-order valence-electron chi connectivity index (χ1n) is 5.50. The van der Waals surface area contributed by atoms with E-state index in [2.05, 4.69) is 10.6 Å². The van der Waals surface area contributed by atoms with Gasteiger partial charge in [-0.3, -0.25) is 0 Å². The lowest BCUT2D eigenvalue weighted by molar-refractivity contribution is 0.167. The van der Waals surface area contributed by atoms with Crippen LogP contribution >= 0.6 is 11.3 Å². The van der Waals surface area contributed by atoms with Gasteiger partial charge in [-0.1, -0.05) is 0 Å². The zero-order valence-corrected chi connectivity index (χ0v) is 9.59. The van der Waals surface area contributed by atoms with Gasteiger partial charge in [-0.05, 0) is 48.3 Å². The number of piperidine rings is 1. The summed E-state index contributed by atoms with van der Waals surface area (Å²) in [6, 6.07) is 2.55. The largest absolute Gasteiger partial charge is 0.387 e. The summed E-state index contributed by atoms with van der Waals surface area (Å²) in [7, 11) is 0. The quantitative estimate of drug-likeness (QED) is 0.721. The summed E-state index contributed by atoms with van der Waals surface area (Å²) in [4.78, 5) is 0. The minimum absolute atomic E-state index is 0.355. The van der Waals surface area contributed by atoms with Crippen LogP contribution in [0, 0.1) is 0 Å². The molecule has 0 spiro atoms. The normalized spacial score (nSPS) is 20.3. The van der Waals surface area contributed by atoms with E-state index in [4.69, 9.17) is 0 Å². The third kappa shape index (κ3) is 3.28. The van der Waals surface area contributed by atoms with Crippen LogP contribution in [-0.4, -0.2) is 30.8 Å². The van der Waals surface area contributed by atoms with Crippen LogP contribution in [0.4, 0.5) is 0 Å². The summed E-state index contributed by atoms with van der Waals surface area (Å²) in [6.07, 6.45) is 1.97. The van der Waals surface area contributed by atoms with E-state index in [0.717, 1.165) is 31.5 Å². The van der Waals surface area contributed by atoms with Gasteiger partial charge in [-0.15, -0.1) is 0 Å². The van der Waals surface area contributed by atoms with Crippen LogP contribution in [0.2, 0.25) is 0 Å². The van der Waals surface area contributed by atoms with Gasteiger partial charge in [0, 0.05) is 12.6 Å². The maximum atomic E-state index is 9.87. The Balaban J connectivity index is 1.73. The summed E-state index contributed by atoms with van der Waals surface area (Å²) >= 11 is 1.63. The van der Waals surface area contributed by atoms with Crippen molar-refractivity contribution in [2.24, 2.45) is 0 Å². The predicted molar refractivity (Wildman–Crippen MR) is 63.2 cm³/mol. The van der Waals surface area contributed by atoms with Crippen LogP contribution in [0.3, 0.4) is 0 Å². The molecule has 1 fully saturated rings. The summed E-state index contributed by atoms with van der Waals surface area (Å²) in [5.74, 6) is 0. The molecule has 84 valence electrons. The van der Waals surface area contributed by atoms with E-state index in [-0.39, 0.29) is 6.10 Å². The van der Waals surface area contributed by atoms with Crippen molar-refractivity contribution in [2.75, 3.05) is 19.6 Å². The molecule has 0 aliphatic carbocycles. The number of aliphatic hydroxyl groups is 1. The molecule has 15 heavy (non-hydrogen) atoms. The number of hydrogen-bond donors (Lipinski definition) is 3. The van der Waals surface area contributed by atoms with Crippen LogP contribution in [0.5, 0.6) is 0 Å². The highest BCUT2D eigenvalue weighted by atomic mass is 32.1. The molecule has 0 aromatic carbocycles. The smallest absolute Gasteiger partial charge is 0.0922 e. The van der Waals surface area contributed by atoms with Gasteiger partial charge in [-0.25, -0.2) is 0 Å². The second kappa shape index (κ2) is 5.61. The first kappa shape index (κ1) is 11.1. The summed E-state index contributed by atoms with van der Waals surface area (Å²) in [5, 5.41) is 20.6. The van der Waals surface area contributed by atoms with Crippen molar-refractivity contribution in [1.29, 1.82) is 0 Å². The minimum Gasteiger partial charge on any atom is -0.387 e. The topological polar surface area (TPSA) is 44.3 Å². The molecular formula is C11H18N2OS. The third-order valence-electron chi connectivity index (χ3n) is 2.87. The van der Waals surface area contributed by atoms with Crippen molar-refractivity contribution in [1.82, 2.24) is 10.6 Å². The molecule has 3 nitrogen and oxygen atoms in total. The van der Waals surface area contributed by atoms with Gasteiger partial charge in [0.15, 0.2) is 0 Å². The Kier molecular flexibility index (Phi) is 4.14. The van der Waals surface area contributed by atoms with Gasteiger partial charge < -0.3 is 15.7 Å². The van der Waals surface area contributed by atoms with Gasteiger partial charge in [0.25, 0.3) is 0 Å². The molecule has 2 heterocycles. The first-order chi connectivity index (χ1) is 7.36. The molecular weight excluding hydrogens is 208 g/mol. The Morgan fingerprint density at radius 1 is 1.53 bits per heavy atom. The molecule has 0 bridgehead atoms. The van der Waals surface area contributed by atoms with E-state index >= 15 is 0 Å². The van der Waals surface area contributed by atoms with Crippen LogP contribution < -0.4 is 10.6 Å². The number of rotatable bonds is 4. The number of nitrogens with one attached hydrogen (secondary N) is 2. The third-order valence-corrected chi connectivity index (χ3v) is 3.57. The molecule has 1 unspecified atom stereocenters. The van der Waals surface area contributed by atoms with Crippen LogP contribution in [0.25, 0.3) is 0 Å². The second-order valence-corrected chi connectivity index (χ2v) is 4.79. The molecule has 0 saturated carbocycles. The fourth-order valence-corrected chi connectivity index (χ4v) is 2.59. The molecule has 1 aliphatic rings. The highest BCUT2D eigenvalue weighted by Gasteiger charge is 2.14. The maximum Gasteiger partial charge on any atom is 0.0922 e. The Labute approximate surface area is 94.5 Å². The highest BCUT2D eigenvalue weighted by Crippen LogP contribution is 2.15. The Morgan fingerprint density at radius 3 is 3.00 bits per heavy atom. The average Bonchev–Trinajstić information content (AvgIpc) is 2.81. The Hall–Kier alpha value is -0.420. The lowest BCUT2D eigenvalue weighted by Gasteiger charge is -2.24. The lowest BCUT2D eigenvalue weighted by Crippen LogP contribution is -2.41. The predicted octanol–water partition coefficient (Wildman–Crippen LogP) is 1.12. The SMILES string of the molecule is OC(CNC1CCNCC1)c1ccsc1. The van der Waals surface area contributed by atoms with E-state index in [1.807, 2.05) is 16.8 Å². The fraction of sp³-hybridized carbons (Fsp3) is 0.636. The number of hydrogen-bond acceptors (Lipinski definition) is 4. The average molecular weight is 226 g/mol. The lowest BCUT2D eigenvalue weighted by atomic mass is 10.1. The standard InChI is InChI=1S/C11H18N2OS/c14-11(9-3-6-15-8-9)7-13-10-1-4-12-5-2-10/h3,6,8,10-14H,1-2,4-5,7H2. The van der Waals surface area contributed by atoms with Crippen molar-refractivity contribution >= 4 is 11.3 Å². The molecule has 1 aliphatic heterocycles. The van der Waals surface area contributed by atoms with Crippen molar-refractivity contribution in [3.8, 4) is 0 Å². The van der Waals surface area contributed by atoms with Crippen molar-refractivity contribution < 1.29 is 5.11 Å². The number of aliphatic hydroxyl groups excluding tert-OH is 1. The van der Waals surface area contributed by atoms with Crippen molar-refractivity contribution in [3.05, 3.63) is 22.4 Å². The van der Waals surface area contributed by atoms with Gasteiger partial charge in [-0.2, -0.15) is 11.3 Å². The molecule has 1 aromatic heterocycles. The van der Waals surface area contributed by atoms with Gasteiger partial charge in [0.2, 0.25) is 0 Å². The monoisotopic (exact) mass is 226 g/mol. The van der Waals surface area contributed by atoms with E-state index in [9.17, 15) is 5.11 Å². The first-order valence-corrected chi connectivity index (χ1v) is 6.45. The molecule has 3 N–H and O–H groups in total. The van der Waals surface area contributed by atoms with Crippen molar-refractivity contribution in [2.45, 2.75) is 25.0 Å². The van der Waals surface area contributed by atoms with Crippen LogP contribution in [-0.2, 0) is 0 Å². The molecule has 0 amide bonds. The highest BCUT2D eigenvalue weighted by molar-refractivity contribution is 7.07. The van der Waals surface area contributed by atoms with Gasteiger partial charge in [0.05, 0.1) is 6.10 Å². The summed E-state index contributed by atoms with van der Waals surface area (Å²) in [6.45, 7) is 2.85. The Bertz CT molecular complexity index is 270. The second-order valence-electron chi connectivity index (χ2n) is 4.01. The summed E-state index contributed by atoms with van der Waals surface area (Å²) < 4.78 is 0. The van der Waals surface area contributed by atoms with Gasteiger partial charge in [0.1, 0.15) is 0 Å². The molecule has 2 rings (SSSR count). The zero-order valence-electron chi connectivity index (χ0n) is 8.78. The van der Waals surface area contributed by atoms with Crippen LogP contribution in [0.1, 0.15) is 24.5 Å². The van der Waals surface area contributed by atoms with Crippen molar-refractivity contribution in [3.63, 3.8) is 0 Å². The van der Waals surface area contributed by atoms with E-state index in [0.29, 0.717) is 12.6 Å². The number of thiophene rings is 1. The summed E-state index contributed by atoms with van der Waals surface area (Å²) in [5.41, 5.74) is 1.03. The molecule has 0 radical (unpaired) electrons. The molecule has 1 saturated heterocycles. The molecule has 1 aromatic rings. The Morgan fingerprint density at radius 2 is 2.33 bits per heavy atom. The van der Waals surface area contributed by atoms with Crippen LogP contribution in [0.15, 0.2) is 16.8 Å². The molecule has 1 atom stereocenters. The van der Waals surface area contributed by atoms with E-state index in [1.165, 1.54) is 0 Å². The van der Waals surface area contributed by atoms with E-state index < -0.39 is 0 Å². The van der Waals surface area contributed by atoms with Gasteiger partial charge >= 0.3 is 0 Å². The molecule has 4 heteroatoms. The fourth-order valence-electron chi connectivity index (χ4n) is 1.89. The maximum absolute atomic E-state index is 9.87. The minimum atomic E-state index is -0.355.